The molecule has 0 radical (unpaired) electrons. The molecule has 0 saturated carbocycles. The summed E-state index contributed by atoms with van der Waals surface area (Å²) in [6.45, 7) is 7.84. The lowest BCUT2D eigenvalue weighted by molar-refractivity contribution is 0.00578. The van der Waals surface area contributed by atoms with E-state index in [9.17, 15) is 5.11 Å². The molecule has 0 spiro atoms. The number of phenols is 1. The SMILES string of the molecule is COc1cc(Br)cc([C@H](N)B2OC(C)(C)C(C)(C)O2)c1O. The summed E-state index contributed by atoms with van der Waals surface area (Å²) in [5, 5.41) is 10.3. The molecule has 1 aromatic rings. The van der Waals surface area contributed by atoms with Gasteiger partial charge in [0.2, 0.25) is 0 Å². The molecule has 2 rings (SSSR count). The lowest BCUT2D eigenvalue weighted by Gasteiger charge is -2.32. The monoisotopic (exact) mass is 357 g/mol. The maximum Gasteiger partial charge on any atom is 0.480 e. The second kappa shape index (κ2) is 5.46. The van der Waals surface area contributed by atoms with Gasteiger partial charge in [0, 0.05) is 10.0 Å². The number of rotatable bonds is 3. The summed E-state index contributed by atoms with van der Waals surface area (Å²) in [5.74, 6) is -0.272. The van der Waals surface area contributed by atoms with Crippen LogP contribution in [0.5, 0.6) is 11.5 Å². The highest BCUT2D eigenvalue weighted by Crippen LogP contribution is 2.43. The quantitative estimate of drug-likeness (QED) is 0.813. The number of halogens is 1. The molecule has 3 N–H and O–H groups in total. The Morgan fingerprint density at radius 2 is 1.76 bits per heavy atom. The molecule has 1 fully saturated rings. The lowest BCUT2D eigenvalue weighted by atomic mass is 9.74. The van der Waals surface area contributed by atoms with Crippen molar-refractivity contribution >= 4 is 23.0 Å². The first kappa shape index (κ1) is 16.6. The third-order valence-electron chi connectivity index (χ3n) is 4.21. The highest BCUT2D eigenvalue weighted by Gasteiger charge is 2.53. The van der Waals surface area contributed by atoms with Crippen molar-refractivity contribution in [2.24, 2.45) is 5.73 Å². The van der Waals surface area contributed by atoms with E-state index in [0.717, 1.165) is 4.47 Å². The first-order valence-corrected chi connectivity index (χ1v) is 7.56. The molecule has 21 heavy (non-hydrogen) atoms. The minimum atomic E-state index is -0.639. The molecule has 0 unspecified atom stereocenters. The number of benzene rings is 1. The van der Waals surface area contributed by atoms with E-state index < -0.39 is 24.3 Å². The number of phenolic OH excluding ortho intramolecular Hbond substituents is 1. The van der Waals surface area contributed by atoms with Crippen molar-refractivity contribution in [3.63, 3.8) is 0 Å². The van der Waals surface area contributed by atoms with Crippen LogP contribution in [0.2, 0.25) is 0 Å². The summed E-state index contributed by atoms with van der Waals surface area (Å²) in [6, 6.07) is 3.42. The second-order valence-corrected chi connectivity index (χ2v) is 7.11. The van der Waals surface area contributed by atoms with Crippen LogP contribution < -0.4 is 10.5 Å². The Bertz CT molecular complexity index is 534. The lowest BCUT2D eigenvalue weighted by Crippen LogP contribution is -2.41. The van der Waals surface area contributed by atoms with Crippen LogP contribution in [0.1, 0.15) is 39.2 Å². The van der Waals surface area contributed by atoms with Crippen LogP contribution in [0.25, 0.3) is 0 Å². The molecule has 0 aromatic heterocycles. The third-order valence-corrected chi connectivity index (χ3v) is 4.67. The van der Waals surface area contributed by atoms with Gasteiger partial charge in [-0.2, -0.15) is 0 Å². The van der Waals surface area contributed by atoms with Crippen LogP contribution in [0.15, 0.2) is 16.6 Å². The van der Waals surface area contributed by atoms with E-state index in [-0.39, 0.29) is 5.75 Å². The van der Waals surface area contributed by atoms with E-state index in [1.54, 1.807) is 12.1 Å². The van der Waals surface area contributed by atoms with Crippen molar-refractivity contribution in [3.05, 3.63) is 22.2 Å². The molecule has 116 valence electrons. The van der Waals surface area contributed by atoms with Crippen LogP contribution in [0, 0.1) is 0 Å². The van der Waals surface area contributed by atoms with Gasteiger partial charge in [0.05, 0.1) is 24.3 Å². The largest absolute Gasteiger partial charge is 0.504 e. The molecule has 1 aromatic carbocycles. The molecule has 1 atom stereocenters. The fourth-order valence-corrected chi connectivity index (χ4v) is 2.64. The number of hydrogen-bond donors (Lipinski definition) is 2. The highest BCUT2D eigenvalue weighted by molar-refractivity contribution is 9.10. The van der Waals surface area contributed by atoms with E-state index in [2.05, 4.69) is 15.9 Å². The zero-order chi connectivity index (χ0) is 16.0. The van der Waals surface area contributed by atoms with E-state index in [0.29, 0.717) is 11.3 Å². The fourth-order valence-electron chi connectivity index (χ4n) is 2.19. The van der Waals surface area contributed by atoms with Gasteiger partial charge in [-0.05, 0) is 39.8 Å². The molecule has 1 heterocycles. The Balaban J connectivity index is 2.34. The van der Waals surface area contributed by atoms with Gasteiger partial charge in [-0.1, -0.05) is 15.9 Å². The Labute approximate surface area is 134 Å². The van der Waals surface area contributed by atoms with Crippen molar-refractivity contribution < 1.29 is 19.2 Å². The molecule has 0 bridgehead atoms. The number of ether oxygens (including phenoxy) is 1. The summed E-state index contributed by atoms with van der Waals surface area (Å²) in [4.78, 5) is 0. The van der Waals surface area contributed by atoms with Crippen molar-refractivity contribution in [1.82, 2.24) is 0 Å². The Hall–Kier alpha value is -0.755. The van der Waals surface area contributed by atoms with Gasteiger partial charge in [-0.3, -0.25) is 0 Å². The Morgan fingerprint density at radius 1 is 1.24 bits per heavy atom. The first-order valence-electron chi connectivity index (χ1n) is 6.76. The molecule has 1 saturated heterocycles. The third kappa shape index (κ3) is 2.92. The maximum absolute atomic E-state index is 10.3. The average Bonchev–Trinajstić information content (AvgIpc) is 2.60. The Morgan fingerprint density at radius 3 is 2.24 bits per heavy atom. The standard InChI is InChI=1S/C14H21BBrNO4/c1-13(2)14(3,4)21-15(20-13)12(17)9-6-8(16)7-10(19-5)11(9)18/h6-7,12,18H,17H2,1-5H3/t12-/m0/s1. The molecular formula is C14H21BBrNO4. The molecule has 7 heteroatoms. The smallest absolute Gasteiger partial charge is 0.480 e. The van der Waals surface area contributed by atoms with Crippen LogP contribution in [-0.4, -0.2) is 30.5 Å². The van der Waals surface area contributed by atoms with Gasteiger partial charge < -0.3 is 24.9 Å². The zero-order valence-corrected chi connectivity index (χ0v) is 14.5. The summed E-state index contributed by atoms with van der Waals surface area (Å²) in [5.41, 5.74) is 5.82. The minimum absolute atomic E-state index is 0.00270. The zero-order valence-electron chi connectivity index (χ0n) is 12.9. The van der Waals surface area contributed by atoms with Gasteiger partial charge in [-0.15, -0.1) is 0 Å². The van der Waals surface area contributed by atoms with E-state index in [1.165, 1.54) is 7.11 Å². The van der Waals surface area contributed by atoms with Crippen LogP contribution in [-0.2, 0) is 9.31 Å². The molecular weight excluding hydrogens is 337 g/mol. The van der Waals surface area contributed by atoms with E-state index >= 15 is 0 Å². The number of hydrogen-bond acceptors (Lipinski definition) is 5. The molecule has 5 nitrogen and oxygen atoms in total. The number of aromatic hydroxyl groups is 1. The van der Waals surface area contributed by atoms with Gasteiger partial charge >= 0.3 is 7.12 Å². The van der Waals surface area contributed by atoms with Gasteiger partial charge in [0.25, 0.3) is 0 Å². The molecule has 0 amide bonds. The molecule has 1 aliphatic heterocycles. The normalized spacial score (nSPS) is 21.4. The van der Waals surface area contributed by atoms with Crippen molar-refractivity contribution in [3.8, 4) is 11.5 Å². The average molecular weight is 358 g/mol. The van der Waals surface area contributed by atoms with Gasteiger partial charge in [0.15, 0.2) is 11.5 Å². The van der Waals surface area contributed by atoms with E-state index in [4.69, 9.17) is 19.8 Å². The summed E-state index contributed by atoms with van der Waals surface area (Å²) >= 11 is 3.38. The highest BCUT2D eigenvalue weighted by atomic mass is 79.9. The van der Waals surface area contributed by atoms with Crippen LogP contribution in [0.3, 0.4) is 0 Å². The molecule has 0 aliphatic carbocycles. The summed E-state index contributed by atoms with van der Waals surface area (Å²) in [6.07, 6.45) is 0. The van der Waals surface area contributed by atoms with Crippen LogP contribution in [0.4, 0.5) is 0 Å². The van der Waals surface area contributed by atoms with Gasteiger partial charge in [0.1, 0.15) is 0 Å². The second-order valence-electron chi connectivity index (χ2n) is 6.20. The fraction of sp³-hybridized carbons (Fsp3) is 0.571. The van der Waals surface area contributed by atoms with Crippen molar-refractivity contribution in [2.45, 2.75) is 44.8 Å². The minimum Gasteiger partial charge on any atom is -0.504 e. The van der Waals surface area contributed by atoms with Gasteiger partial charge in [-0.25, -0.2) is 0 Å². The summed E-state index contributed by atoms with van der Waals surface area (Å²) < 4.78 is 17.8. The first-order chi connectivity index (χ1) is 9.59. The topological polar surface area (TPSA) is 73.9 Å². The van der Waals surface area contributed by atoms with Crippen molar-refractivity contribution in [1.29, 1.82) is 0 Å². The number of nitrogens with two attached hydrogens (primary N) is 1. The Kier molecular flexibility index (Phi) is 4.32. The summed E-state index contributed by atoms with van der Waals surface area (Å²) in [7, 11) is 0.853. The predicted octanol–water partition coefficient (Wildman–Crippen LogP) is 2.79. The van der Waals surface area contributed by atoms with Crippen LogP contribution >= 0.6 is 15.9 Å². The number of methoxy groups -OCH3 is 1. The van der Waals surface area contributed by atoms with E-state index in [1.807, 2.05) is 27.7 Å². The van der Waals surface area contributed by atoms with Crippen molar-refractivity contribution in [2.75, 3.05) is 7.11 Å². The predicted molar refractivity (Wildman–Crippen MR) is 85.4 cm³/mol. The molecule has 1 aliphatic rings. The maximum atomic E-state index is 10.3.